The quantitative estimate of drug-likeness (QED) is 0.917. The van der Waals surface area contributed by atoms with Crippen LogP contribution in [-0.4, -0.2) is 36.3 Å². The monoisotopic (exact) mass is 291 g/mol. The van der Waals surface area contributed by atoms with Gasteiger partial charge in [-0.1, -0.05) is 12.8 Å². The van der Waals surface area contributed by atoms with E-state index in [1.54, 1.807) is 0 Å². The molecule has 1 saturated carbocycles. The maximum Gasteiger partial charge on any atom is 0.311 e. The van der Waals surface area contributed by atoms with Gasteiger partial charge in [0.2, 0.25) is 0 Å². The summed E-state index contributed by atoms with van der Waals surface area (Å²) >= 11 is 0. The molecule has 0 spiro atoms. The Morgan fingerprint density at radius 2 is 2.19 bits per heavy atom. The lowest BCUT2D eigenvalue weighted by Crippen LogP contribution is -2.33. The summed E-state index contributed by atoms with van der Waals surface area (Å²) in [6.45, 7) is 0.145. The van der Waals surface area contributed by atoms with Crippen LogP contribution < -0.4 is 0 Å². The number of nitrogens with zero attached hydrogens (tertiary/aromatic N) is 5. The highest BCUT2D eigenvalue weighted by molar-refractivity contribution is 5.75. The molecule has 1 aliphatic rings. The van der Waals surface area contributed by atoms with E-state index in [-0.39, 0.29) is 17.9 Å². The third kappa shape index (κ3) is 2.37. The lowest BCUT2D eigenvalue weighted by molar-refractivity contribution is -0.149. The average molecular weight is 291 g/mol. The summed E-state index contributed by atoms with van der Waals surface area (Å²) in [7, 11) is 0. The Balaban J connectivity index is 1.97. The molecule has 0 atom stereocenters. The van der Waals surface area contributed by atoms with Gasteiger partial charge in [-0.3, -0.25) is 9.78 Å². The standard InChI is InChI=1S/C13H14FN5O2/c14-10-7-15-6-3-9(10)11-16-17-18-19(11)8-13(12(20)21)4-1-2-5-13/h3,6-7H,1-2,4-5,8H2,(H,20,21). The van der Waals surface area contributed by atoms with Crippen molar-refractivity contribution in [3.8, 4) is 11.4 Å². The normalized spacial score (nSPS) is 17.0. The summed E-state index contributed by atoms with van der Waals surface area (Å²) in [5.41, 5.74) is -0.651. The number of hydrogen-bond acceptors (Lipinski definition) is 5. The van der Waals surface area contributed by atoms with E-state index in [0.717, 1.165) is 19.0 Å². The second-order valence-electron chi connectivity index (χ2n) is 5.31. The molecule has 2 heterocycles. The number of halogens is 1. The van der Waals surface area contributed by atoms with E-state index in [4.69, 9.17) is 0 Å². The molecule has 21 heavy (non-hydrogen) atoms. The van der Waals surface area contributed by atoms with Crippen LogP contribution >= 0.6 is 0 Å². The van der Waals surface area contributed by atoms with E-state index >= 15 is 0 Å². The first-order chi connectivity index (χ1) is 10.1. The zero-order chi connectivity index (χ0) is 14.9. The fraction of sp³-hybridized carbons (Fsp3) is 0.462. The van der Waals surface area contributed by atoms with E-state index in [0.29, 0.717) is 12.8 Å². The SMILES string of the molecule is O=C(O)C1(Cn2nnnc2-c2ccncc2F)CCCC1. The van der Waals surface area contributed by atoms with Gasteiger partial charge in [-0.25, -0.2) is 9.07 Å². The second-order valence-corrected chi connectivity index (χ2v) is 5.31. The van der Waals surface area contributed by atoms with Crippen molar-refractivity contribution in [1.82, 2.24) is 25.2 Å². The minimum Gasteiger partial charge on any atom is -0.481 e. The molecule has 8 heteroatoms. The first kappa shape index (κ1) is 13.6. The van der Waals surface area contributed by atoms with Gasteiger partial charge in [0.1, 0.15) is 0 Å². The van der Waals surface area contributed by atoms with Gasteiger partial charge < -0.3 is 5.11 Å². The molecule has 1 N–H and O–H groups in total. The van der Waals surface area contributed by atoms with Crippen LogP contribution in [-0.2, 0) is 11.3 Å². The molecule has 0 aromatic carbocycles. The second kappa shape index (κ2) is 5.19. The molecule has 2 aromatic heterocycles. The summed E-state index contributed by atoms with van der Waals surface area (Å²) in [5.74, 6) is -1.16. The number of rotatable bonds is 4. The highest BCUT2D eigenvalue weighted by atomic mass is 19.1. The summed E-state index contributed by atoms with van der Waals surface area (Å²) < 4.78 is 15.2. The van der Waals surface area contributed by atoms with Crippen molar-refractivity contribution in [2.75, 3.05) is 0 Å². The molecule has 7 nitrogen and oxygen atoms in total. The maximum absolute atomic E-state index is 13.8. The van der Waals surface area contributed by atoms with E-state index in [9.17, 15) is 14.3 Å². The van der Waals surface area contributed by atoms with E-state index in [2.05, 4.69) is 20.5 Å². The molecule has 0 radical (unpaired) electrons. The van der Waals surface area contributed by atoms with Crippen LogP contribution in [0.4, 0.5) is 4.39 Å². The topological polar surface area (TPSA) is 93.8 Å². The molecule has 1 aliphatic carbocycles. The Labute approximate surface area is 119 Å². The fourth-order valence-corrected chi connectivity index (χ4v) is 2.84. The summed E-state index contributed by atoms with van der Waals surface area (Å²) in [5, 5.41) is 20.7. The van der Waals surface area contributed by atoms with E-state index < -0.39 is 17.2 Å². The van der Waals surface area contributed by atoms with Crippen molar-refractivity contribution in [3.05, 3.63) is 24.3 Å². The highest BCUT2D eigenvalue weighted by Gasteiger charge is 2.42. The maximum atomic E-state index is 13.8. The van der Waals surface area contributed by atoms with Gasteiger partial charge in [0, 0.05) is 6.20 Å². The molecule has 0 saturated heterocycles. The van der Waals surface area contributed by atoms with E-state index in [1.807, 2.05) is 0 Å². The Bertz CT molecular complexity index is 666. The van der Waals surface area contributed by atoms with Crippen LogP contribution in [0.1, 0.15) is 25.7 Å². The van der Waals surface area contributed by atoms with Crippen molar-refractivity contribution in [1.29, 1.82) is 0 Å². The molecule has 1 fully saturated rings. The van der Waals surface area contributed by atoms with Crippen molar-refractivity contribution < 1.29 is 14.3 Å². The molecule has 0 amide bonds. The zero-order valence-electron chi connectivity index (χ0n) is 11.2. The average Bonchev–Trinajstić information content (AvgIpc) is 3.10. The summed E-state index contributed by atoms with van der Waals surface area (Å²) in [6, 6.07) is 1.47. The predicted molar refractivity (Wildman–Crippen MR) is 69.5 cm³/mol. The minimum absolute atomic E-state index is 0.145. The third-order valence-electron chi connectivity index (χ3n) is 4.01. The van der Waals surface area contributed by atoms with E-state index in [1.165, 1.54) is 16.9 Å². The predicted octanol–water partition coefficient (Wildman–Crippen LogP) is 1.52. The molecular formula is C13H14FN5O2. The van der Waals surface area contributed by atoms with Crippen LogP contribution in [0.5, 0.6) is 0 Å². The molecule has 2 aromatic rings. The van der Waals surface area contributed by atoms with Crippen molar-refractivity contribution in [2.24, 2.45) is 5.41 Å². The number of aliphatic carboxylic acids is 1. The van der Waals surface area contributed by atoms with Gasteiger partial charge in [-0.05, 0) is 29.3 Å². The number of pyridine rings is 1. The number of carboxylic acids is 1. The van der Waals surface area contributed by atoms with Gasteiger partial charge in [0.05, 0.1) is 23.7 Å². The number of hydrogen-bond donors (Lipinski definition) is 1. The van der Waals surface area contributed by atoms with Crippen LogP contribution in [0.2, 0.25) is 0 Å². The smallest absolute Gasteiger partial charge is 0.311 e. The van der Waals surface area contributed by atoms with Crippen LogP contribution in [0.25, 0.3) is 11.4 Å². The van der Waals surface area contributed by atoms with Gasteiger partial charge in [-0.15, -0.1) is 5.10 Å². The van der Waals surface area contributed by atoms with Crippen LogP contribution in [0, 0.1) is 11.2 Å². The number of carboxylic acid groups (broad SMARTS) is 1. The Morgan fingerprint density at radius 1 is 1.43 bits per heavy atom. The molecule has 0 aliphatic heterocycles. The largest absolute Gasteiger partial charge is 0.481 e. The van der Waals surface area contributed by atoms with Crippen molar-refractivity contribution in [3.63, 3.8) is 0 Å². The van der Waals surface area contributed by atoms with Gasteiger partial charge in [-0.2, -0.15) is 0 Å². The fourth-order valence-electron chi connectivity index (χ4n) is 2.84. The molecule has 0 bridgehead atoms. The number of carbonyl (C=O) groups is 1. The van der Waals surface area contributed by atoms with Crippen molar-refractivity contribution >= 4 is 5.97 Å². The summed E-state index contributed by atoms with van der Waals surface area (Å²) in [6.07, 6.45) is 5.43. The minimum atomic E-state index is -0.867. The Hall–Kier alpha value is -2.38. The molecular weight excluding hydrogens is 277 g/mol. The first-order valence-corrected chi connectivity index (χ1v) is 6.72. The molecule has 0 unspecified atom stereocenters. The van der Waals surface area contributed by atoms with Crippen molar-refractivity contribution in [2.45, 2.75) is 32.2 Å². The Kier molecular flexibility index (Phi) is 3.36. The lowest BCUT2D eigenvalue weighted by Gasteiger charge is -2.23. The number of tetrazole rings is 1. The van der Waals surface area contributed by atoms with Gasteiger partial charge >= 0.3 is 5.97 Å². The zero-order valence-corrected chi connectivity index (χ0v) is 11.2. The molecule has 3 rings (SSSR count). The highest BCUT2D eigenvalue weighted by Crippen LogP contribution is 2.40. The molecule has 110 valence electrons. The van der Waals surface area contributed by atoms with Gasteiger partial charge in [0.25, 0.3) is 0 Å². The Morgan fingerprint density at radius 3 is 2.86 bits per heavy atom. The summed E-state index contributed by atoms with van der Waals surface area (Å²) in [4.78, 5) is 15.3. The lowest BCUT2D eigenvalue weighted by atomic mass is 9.86. The van der Waals surface area contributed by atoms with Crippen LogP contribution in [0.15, 0.2) is 18.5 Å². The number of aromatic nitrogens is 5. The van der Waals surface area contributed by atoms with Crippen LogP contribution in [0.3, 0.4) is 0 Å². The van der Waals surface area contributed by atoms with Gasteiger partial charge in [0.15, 0.2) is 11.6 Å². The third-order valence-corrected chi connectivity index (χ3v) is 4.01. The first-order valence-electron chi connectivity index (χ1n) is 6.72.